The molecule has 8 heteroatoms. The molecule has 1 atom stereocenters. The Kier molecular flexibility index (Phi) is 5.76. The number of hydrogen-bond acceptors (Lipinski definition) is 3. The zero-order valence-electron chi connectivity index (χ0n) is 10.3. The van der Waals surface area contributed by atoms with Crippen LogP contribution in [-0.2, 0) is 10.0 Å². The lowest BCUT2D eigenvalue weighted by Gasteiger charge is -2.33. The van der Waals surface area contributed by atoms with E-state index < -0.39 is 15.8 Å². The van der Waals surface area contributed by atoms with Crippen molar-refractivity contribution in [3.8, 4) is 0 Å². The lowest BCUT2D eigenvalue weighted by Crippen LogP contribution is -2.52. The zero-order valence-corrected chi connectivity index (χ0v) is 13.5. The predicted molar refractivity (Wildman–Crippen MR) is 77.6 cm³/mol. The molecule has 0 amide bonds. The molecule has 1 aromatic carbocycles. The molecule has 2 rings (SSSR count). The first kappa shape index (κ1) is 16.8. The largest absolute Gasteiger partial charge is 0.314 e. The number of rotatable bonds is 2. The number of benzene rings is 1. The van der Waals surface area contributed by atoms with E-state index in [2.05, 4.69) is 21.2 Å². The minimum absolute atomic E-state index is 0. The smallest absolute Gasteiger partial charge is 0.244 e. The highest BCUT2D eigenvalue weighted by molar-refractivity contribution is 9.10. The minimum Gasteiger partial charge on any atom is -0.314 e. The molecule has 0 aromatic heterocycles. The van der Waals surface area contributed by atoms with Crippen LogP contribution in [0.4, 0.5) is 4.39 Å². The SMILES string of the molecule is CC1CNCCN1S(=O)(=O)c1ccc(F)cc1Br.Cl. The number of piperazine rings is 1. The summed E-state index contributed by atoms with van der Waals surface area (Å²) in [6.45, 7) is 3.52. The zero-order chi connectivity index (χ0) is 13.3. The Morgan fingerprint density at radius 2 is 2.16 bits per heavy atom. The first-order chi connectivity index (χ1) is 8.43. The molecule has 1 saturated heterocycles. The molecule has 0 bridgehead atoms. The van der Waals surface area contributed by atoms with Gasteiger partial charge in [0, 0.05) is 30.1 Å². The van der Waals surface area contributed by atoms with Crippen molar-refractivity contribution >= 4 is 38.4 Å². The van der Waals surface area contributed by atoms with Crippen molar-refractivity contribution in [2.24, 2.45) is 0 Å². The van der Waals surface area contributed by atoms with Crippen molar-refractivity contribution in [1.29, 1.82) is 0 Å². The van der Waals surface area contributed by atoms with Gasteiger partial charge in [0.25, 0.3) is 0 Å². The third kappa shape index (κ3) is 3.46. The summed E-state index contributed by atoms with van der Waals surface area (Å²) in [5, 5.41) is 3.13. The minimum atomic E-state index is -3.58. The third-order valence-corrected chi connectivity index (χ3v) is 5.91. The van der Waals surface area contributed by atoms with Crippen LogP contribution in [0.5, 0.6) is 0 Å². The van der Waals surface area contributed by atoms with Gasteiger partial charge in [-0.2, -0.15) is 4.31 Å². The average Bonchev–Trinajstić information content (AvgIpc) is 2.28. The van der Waals surface area contributed by atoms with Crippen LogP contribution in [0.2, 0.25) is 0 Å². The monoisotopic (exact) mass is 372 g/mol. The Morgan fingerprint density at radius 3 is 2.74 bits per heavy atom. The van der Waals surface area contributed by atoms with Gasteiger partial charge in [0.2, 0.25) is 10.0 Å². The van der Waals surface area contributed by atoms with Crippen LogP contribution in [0.25, 0.3) is 0 Å². The second kappa shape index (κ2) is 6.49. The number of nitrogens with zero attached hydrogens (tertiary/aromatic N) is 1. The van der Waals surface area contributed by atoms with Gasteiger partial charge in [-0.3, -0.25) is 0 Å². The summed E-state index contributed by atoms with van der Waals surface area (Å²) < 4.78 is 39.7. The molecule has 1 N–H and O–H groups in total. The van der Waals surface area contributed by atoms with Crippen LogP contribution >= 0.6 is 28.3 Å². The molecule has 1 heterocycles. The number of hydrogen-bond donors (Lipinski definition) is 1. The molecule has 0 aliphatic carbocycles. The molecule has 1 unspecified atom stereocenters. The molecule has 1 fully saturated rings. The van der Waals surface area contributed by atoms with Crippen molar-refractivity contribution in [2.45, 2.75) is 17.9 Å². The molecule has 0 saturated carbocycles. The third-order valence-electron chi connectivity index (χ3n) is 2.92. The second-order valence-electron chi connectivity index (χ2n) is 4.24. The fourth-order valence-corrected chi connectivity index (χ4v) is 4.63. The quantitative estimate of drug-likeness (QED) is 0.862. The van der Waals surface area contributed by atoms with Crippen molar-refractivity contribution in [1.82, 2.24) is 9.62 Å². The summed E-state index contributed by atoms with van der Waals surface area (Å²) in [5.74, 6) is -0.464. The van der Waals surface area contributed by atoms with Gasteiger partial charge in [-0.25, -0.2) is 12.8 Å². The molecular weight excluding hydrogens is 359 g/mol. The lowest BCUT2D eigenvalue weighted by molar-refractivity contribution is 0.283. The van der Waals surface area contributed by atoms with E-state index in [1.807, 2.05) is 6.92 Å². The summed E-state index contributed by atoms with van der Waals surface area (Å²) in [4.78, 5) is 0.109. The highest BCUT2D eigenvalue weighted by Gasteiger charge is 2.32. The van der Waals surface area contributed by atoms with Gasteiger partial charge in [0.05, 0.1) is 4.90 Å². The maximum atomic E-state index is 13.0. The standard InChI is InChI=1S/C11H14BrFN2O2S.ClH/c1-8-7-14-4-5-15(8)18(16,17)11-3-2-9(13)6-10(11)12;/h2-3,6,8,14H,4-5,7H2,1H3;1H. The maximum absolute atomic E-state index is 13.0. The molecule has 108 valence electrons. The van der Waals surface area contributed by atoms with E-state index >= 15 is 0 Å². The fourth-order valence-electron chi connectivity index (χ4n) is 1.99. The molecule has 0 spiro atoms. The van der Waals surface area contributed by atoms with E-state index in [1.165, 1.54) is 16.4 Å². The van der Waals surface area contributed by atoms with Gasteiger partial charge in [0.1, 0.15) is 5.82 Å². The Labute approximate surface area is 127 Å². The molecule has 0 radical (unpaired) electrons. The highest BCUT2D eigenvalue weighted by atomic mass is 79.9. The van der Waals surface area contributed by atoms with Gasteiger partial charge >= 0.3 is 0 Å². The van der Waals surface area contributed by atoms with Crippen molar-refractivity contribution in [3.63, 3.8) is 0 Å². The summed E-state index contributed by atoms with van der Waals surface area (Å²) in [6.07, 6.45) is 0. The van der Waals surface area contributed by atoms with E-state index in [4.69, 9.17) is 0 Å². The van der Waals surface area contributed by atoms with E-state index in [0.717, 1.165) is 6.07 Å². The summed E-state index contributed by atoms with van der Waals surface area (Å²) >= 11 is 3.11. The second-order valence-corrected chi connectivity index (χ2v) is 6.96. The van der Waals surface area contributed by atoms with E-state index in [9.17, 15) is 12.8 Å². The first-order valence-corrected chi connectivity index (χ1v) is 7.84. The molecule has 1 aliphatic rings. The van der Waals surface area contributed by atoms with E-state index in [1.54, 1.807) is 0 Å². The van der Waals surface area contributed by atoms with Gasteiger partial charge in [-0.1, -0.05) is 0 Å². The molecule has 1 aromatic rings. The van der Waals surface area contributed by atoms with Crippen molar-refractivity contribution < 1.29 is 12.8 Å². The maximum Gasteiger partial charge on any atom is 0.244 e. The van der Waals surface area contributed by atoms with Crippen molar-refractivity contribution in [3.05, 3.63) is 28.5 Å². The van der Waals surface area contributed by atoms with Gasteiger partial charge < -0.3 is 5.32 Å². The fraction of sp³-hybridized carbons (Fsp3) is 0.455. The van der Waals surface area contributed by atoms with Gasteiger partial charge in [-0.15, -0.1) is 12.4 Å². The molecular formula is C11H15BrClFN2O2S. The van der Waals surface area contributed by atoms with Crippen molar-refractivity contribution in [2.75, 3.05) is 19.6 Å². The molecule has 19 heavy (non-hydrogen) atoms. The van der Waals surface area contributed by atoms with E-state index in [0.29, 0.717) is 19.6 Å². The Hall–Kier alpha value is -0.210. The normalized spacial score (nSPS) is 20.9. The summed E-state index contributed by atoms with van der Waals surface area (Å²) in [6, 6.07) is 3.51. The first-order valence-electron chi connectivity index (χ1n) is 5.60. The van der Waals surface area contributed by atoms with Crippen LogP contribution in [0.1, 0.15) is 6.92 Å². The van der Waals surface area contributed by atoms with Crippen LogP contribution < -0.4 is 5.32 Å². The number of sulfonamides is 1. The highest BCUT2D eigenvalue weighted by Crippen LogP contribution is 2.27. The Morgan fingerprint density at radius 1 is 1.47 bits per heavy atom. The van der Waals surface area contributed by atoms with Gasteiger partial charge in [0.15, 0.2) is 0 Å². The number of halogens is 3. The van der Waals surface area contributed by atoms with Crippen LogP contribution in [0.3, 0.4) is 0 Å². The lowest BCUT2D eigenvalue weighted by atomic mass is 10.3. The van der Waals surface area contributed by atoms with Gasteiger partial charge in [-0.05, 0) is 41.1 Å². The Bertz CT molecular complexity index is 556. The predicted octanol–water partition coefficient (Wildman–Crippen LogP) is 1.99. The number of nitrogens with one attached hydrogen (secondary N) is 1. The van der Waals surface area contributed by atoms with Crippen LogP contribution in [-0.4, -0.2) is 38.4 Å². The van der Waals surface area contributed by atoms with Crippen LogP contribution in [0.15, 0.2) is 27.6 Å². The topological polar surface area (TPSA) is 49.4 Å². The Balaban J connectivity index is 0.00000180. The summed E-state index contributed by atoms with van der Waals surface area (Å²) in [7, 11) is -3.58. The molecule has 4 nitrogen and oxygen atoms in total. The summed E-state index contributed by atoms with van der Waals surface area (Å²) in [5.41, 5.74) is 0. The molecule has 1 aliphatic heterocycles. The van der Waals surface area contributed by atoms with Crippen LogP contribution in [0, 0.1) is 5.82 Å². The average molecular weight is 374 g/mol. The van der Waals surface area contributed by atoms with E-state index in [-0.39, 0.29) is 27.8 Å².